The molecule has 2 unspecified atom stereocenters. The van der Waals surface area contributed by atoms with E-state index in [1.807, 2.05) is 23.9 Å². The summed E-state index contributed by atoms with van der Waals surface area (Å²) in [7, 11) is 0. The van der Waals surface area contributed by atoms with Crippen molar-refractivity contribution in [3.8, 4) is 17.0 Å². The summed E-state index contributed by atoms with van der Waals surface area (Å²) in [4.78, 5) is 12.5. The first kappa shape index (κ1) is 28.3. The maximum Gasteiger partial charge on any atom is 0.573 e. The van der Waals surface area contributed by atoms with E-state index in [2.05, 4.69) is 22.0 Å². The molecule has 3 fully saturated rings. The number of aromatic nitrogens is 1. The average molecular weight is 610 g/mol. The summed E-state index contributed by atoms with van der Waals surface area (Å²) in [5.41, 5.74) is 1.59. The molecule has 4 atom stereocenters. The Morgan fingerprint density at radius 3 is 2.42 bits per heavy atom. The third-order valence-electron chi connectivity index (χ3n) is 8.90. The van der Waals surface area contributed by atoms with Gasteiger partial charge in [-0.2, -0.15) is 0 Å². The van der Waals surface area contributed by atoms with E-state index in [4.69, 9.17) is 9.26 Å². The fourth-order valence-corrected chi connectivity index (χ4v) is 8.28. The number of benzene rings is 3. The summed E-state index contributed by atoms with van der Waals surface area (Å²) >= 11 is 1.90. The van der Waals surface area contributed by atoms with Gasteiger partial charge in [-0.1, -0.05) is 29.4 Å². The van der Waals surface area contributed by atoms with Crippen molar-refractivity contribution in [2.24, 2.45) is 11.8 Å². The van der Waals surface area contributed by atoms with Crippen molar-refractivity contribution in [1.82, 2.24) is 5.16 Å². The van der Waals surface area contributed by atoms with Crippen molar-refractivity contribution in [1.29, 1.82) is 0 Å². The number of rotatable bonds is 9. The van der Waals surface area contributed by atoms with Crippen LogP contribution >= 0.6 is 11.8 Å². The van der Waals surface area contributed by atoms with Gasteiger partial charge in [0.2, 0.25) is 0 Å². The molecular formula is C33H30F3NO5S. The van der Waals surface area contributed by atoms with Crippen LogP contribution in [0.5, 0.6) is 5.75 Å². The molecule has 0 amide bonds. The molecule has 1 aromatic heterocycles. The van der Waals surface area contributed by atoms with Crippen LogP contribution in [-0.2, 0) is 11.3 Å². The molecule has 1 heterocycles. The molecule has 3 saturated carbocycles. The monoisotopic (exact) mass is 609 g/mol. The van der Waals surface area contributed by atoms with Gasteiger partial charge < -0.3 is 19.1 Å². The lowest BCUT2D eigenvalue weighted by atomic mass is 9.86. The van der Waals surface area contributed by atoms with Crippen LogP contribution in [-0.4, -0.2) is 33.9 Å². The maximum absolute atomic E-state index is 13.1. The Balaban J connectivity index is 1.05. The van der Waals surface area contributed by atoms with E-state index in [1.165, 1.54) is 17.0 Å². The molecule has 2 bridgehead atoms. The molecule has 3 aliphatic rings. The Labute approximate surface area is 250 Å². The summed E-state index contributed by atoms with van der Waals surface area (Å²) in [6, 6.07) is 17.4. The molecule has 10 heteroatoms. The zero-order valence-electron chi connectivity index (χ0n) is 23.2. The highest BCUT2D eigenvalue weighted by Gasteiger charge is 2.44. The van der Waals surface area contributed by atoms with Gasteiger partial charge in [0.25, 0.3) is 0 Å². The lowest BCUT2D eigenvalue weighted by molar-refractivity contribution is -0.274. The highest BCUT2D eigenvalue weighted by molar-refractivity contribution is 8.00. The van der Waals surface area contributed by atoms with Crippen LogP contribution in [0.3, 0.4) is 0 Å². The third kappa shape index (κ3) is 5.99. The summed E-state index contributed by atoms with van der Waals surface area (Å²) < 4.78 is 55.8. The minimum atomic E-state index is -4.82. The molecule has 1 N–H and O–H groups in total. The summed E-state index contributed by atoms with van der Waals surface area (Å²) in [5.74, 6) is 0.695. The number of ether oxygens (including phenoxy) is 2. The first-order chi connectivity index (χ1) is 20.7. The molecule has 0 aliphatic heterocycles. The zero-order chi connectivity index (χ0) is 29.7. The standard InChI is InChI=1S/C33H30F3NO5S/c34-33(35,36)41-28-4-2-1-3-26(28)29-27(30(42-37-29)18-5-6-18)17-40-24-14-21-8-9-22(15-24)31(21)43-25-12-11-19-13-23(32(38)39)10-7-20(19)16-25/h1-4,7,10-13,16,18,21-22,24,31H,5-6,8-9,14-15,17H2,(H,38,39)/t21-,22+,24?,31?. The number of carboxylic acid groups (broad SMARTS) is 1. The molecule has 43 heavy (non-hydrogen) atoms. The number of nitrogens with zero attached hydrogens (tertiary/aromatic N) is 1. The molecule has 3 aromatic carbocycles. The molecule has 224 valence electrons. The number of hydrogen-bond donors (Lipinski definition) is 1. The van der Waals surface area contributed by atoms with Gasteiger partial charge in [-0.25, -0.2) is 4.79 Å². The second-order valence-electron chi connectivity index (χ2n) is 11.8. The lowest BCUT2D eigenvalue weighted by Gasteiger charge is -2.35. The number of para-hydroxylation sites is 1. The van der Waals surface area contributed by atoms with Gasteiger partial charge in [0.05, 0.1) is 18.3 Å². The highest BCUT2D eigenvalue weighted by Crippen LogP contribution is 2.52. The largest absolute Gasteiger partial charge is 0.573 e. The molecule has 3 aliphatic carbocycles. The number of hydrogen-bond acceptors (Lipinski definition) is 6. The molecule has 0 spiro atoms. The van der Waals surface area contributed by atoms with Crippen molar-refractivity contribution < 1.29 is 37.1 Å². The van der Waals surface area contributed by atoms with E-state index >= 15 is 0 Å². The van der Waals surface area contributed by atoms with Crippen LogP contribution in [0.25, 0.3) is 22.0 Å². The van der Waals surface area contributed by atoms with Crippen LogP contribution in [0.1, 0.15) is 66.1 Å². The van der Waals surface area contributed by atoms with Crippen LogP contribution in [0.4, 0.5) is 13.2 Å². The van der Waals surface area contributed by atoms with E-state index in [9.17, 15) is 23.1 Å². The van der Waals surface area contributed by atoms with Gasteiger partial charge in [-0.3, -0.25) is 0 Å². The average Bonchev–Trinajstić information content (AvgIpc) is 3.69. The number of aromatic carboxylic acids is 1. The van der Waals surface area contributed by atoms with Gasteiger partial charge in [0, 0.05) is 27.2 Å². The Kier molecular flexibility index (Phi) is 7.37. The van der Waals surface area contributed by atoms with Crippen molar-refractivity contribution in [2.45, 2.75) is 73.7 Å². The normalized spacial score (nSPS) is 23.5. The zero-order valence-corrected chi connectivity index (χ0v) is 24.0. The quantitative estimate of drug-likeness (QED) is 0.203. The highest BCUT2D eigenvalue weighted by atomic mass is 32.2. The fraction of sp³-hybridized carbons (Fsp3) is 0.394. The molecular weight excluding hydrogens is 579 g/mol. The molecule has 0 saturated heterocycles. The number of carboxylic acids is 1. The smallest absolute Gasteiger partial charge is 0.478 e. The van der Waals surface area contributed by atoms with Gasteiger partial charge in [-0.15, -0.1) is 24.9 Å². The van der Waals surface area contributed by atoms with E-state index in [0.717, 1.165) is 49.3 Å². The fourth-order valence-electron chi connectivity index (χ4n) is 6.75. The van der Waals surface area contributed by atoms with Gasteiger partial charge in [-0.05, 0) is 97.5 Å². The molecule has 0 radical (unpaired) electrons. The number of carbonyl (C=O) groups is 1. The minimum Gasteiger partial charge on any atom is -0.478 e. The third-order valence-corrected chi connectivity index (χ3v) is 10.5. The Hall–Kier alpha value is -3.50. The van der Waals surface area contributed by atoms with E-state index in [-0.39, 0.29) is 35.5 Å². The number of thioether (sulfide) groups is 1. The van der Waals surface area contributed by atoms with Gasteiger partial charge in [0.15, 0.2) is 0 Å². The first-order valence-electron chi connectivity index (χ1n) is 14.6. The summed E-state index contributed by atoms with van der Waals surface area (Å²) in [6.07, 6.45) is 1.30. The number of alkyl halides is 3. The molecule has 6 nitrogen and oxygen atoms in total. The molecule has 4 aromatic rings. The van der Waals surface area contributed by atoms with E-state index in [0.29, 0.717) is 34.1 Å². The topological polar surface area (TPSA) is 81.8 Å². The van der Waals surface area contributed by atoms with E-state index < -0.39 is 12.3 Å². The van der Waals surface area contributed by atoms with Crippen LogP contribution in [0.15, 0.2) is 70.1 Å². The van der Waals surface area contributed by atoms with Crippen molar-refractivity contribution in [2.75, 3.05) is 0 Å². The molecule has 7 rings (SSSR count). The van der Waals surface area contributed by atoms with Crippen LogP contribution in [0.2, 0.25) is 0 Å². The second kappa shape index (κ2) is 11.2. The second-order valence-corrected chi connectivity index (χ2v) is 13.1. The van der Waals surface area contributed by atoms with Crippen LogP contribution in [0, 0.1) is 11.8 Å². The van der Waals surface area contributed by atoms with Crippen LogP contribution < -0.4 is 4.74 Å². The van der Waals surface area contributed by atoms with Crippen molar-refractivity contribution >= 4 is 28.5 Å². The van der Waals surface area contributed by atoms with Crippen molar-refractivity contribution in [3.05, 3.63) is 77.6 Å². The maximum atomic E-state index is 13.1. The Bertz CT molecular complexity index is 1650. The summed E-state index contributed by atoms with van der Waals surface area (Å²) in [5, 5.41) is 15.9. The SMILES string of the molecule is O=C(O)c1ccc2cc(SC3[C@@H]4CC[C@H]3CC(OCc3c(-c5ccccc5OC(F)(F)F)noc3C3CC3)C4)ccc2c1. The van der Waals surface area contributed by atoms with E-state index in [1.54, 1.807) is 24.3 Å². The summed E-state index contributed by atoms with van der Waals surface area (Å²) in [6.45, 7) is 0.232. The Morgan fingerprint density at radius 2 is 1.70 bits per heavy atom. The lowest BCUT2D eigenvalue weighted by Crippen LogP contribution is -2.32. The predicted molar refractivity (Wildman–Crippen MR) is 155 cm³/mol. The van der Waals surface area contributed by atoms with Crippen molar-refractivity contribution in [3.63, 3.8) is 0 Å². The van der Waals surface area contributed by atoms with Gasteiger partial charge >= 0.3 is 12.3 Å². The minimum absolute atomic E-state index is 0.0527. The predicted octanol–water partition coefficient (Wildman–Crippen LogP) is 8.84. The van der Waals surface area contributed by atoms with Gasteiger partial charge in [0.1, 0.15) is 17.2 Å². The number of halogens is 3. The first-order valence-corrected chi connectivity index (χ1v) is 15.5. The number of fused-ring (bicyclic) bond motifs is 3. The Morgan fingerprint density at radius 1 is 0.977 bits per heavy atom.